The van der Waals surface area contributed by atoms with Crippen LogP contribution in [0.15, 0.2) is 39.5 Å². The van der Waals surface area contributed by atoms with E-state index in [2.05, 4.69) is 0 Å². The van der Waals surface area contributed by atoms with Gasteiger partial charge in [0.15, 0.2) is 11.2 Å². The highest BCUT2D eigenvalue weighted by Gasteiger charge is 2.14. The normalized spacial score (nSPS) is 11.2. The summed E-state index contributed by atoms with van der Waals surface area (Å²) in [6.07, 6.45) is 0. The highest BCUT2D eigenvalue weighted by Crippen LogP contribution is 2.31. The lowest BCUT2D eigenvalue weighted by molar-refractivity contribution is 0.660. The van der Waals surface area contributed by atoms with E-state index in [1.54, 1.807) is 30.3 Å². The van der Waals surface area contributed by atoms with Crippen molar-refractivity contribution in [3.05, 3.63) is 50.6 Å². The molecule has 1 heterocycles. The van der Waals surface area contributed by atoms with Crippen molar-refractivity contribution in [3.63, 3.8) is 0 Å². The van der Waals surface area contributed by atoms with Crippen LogP contribution in [0.3, 0.4) is 0 Å². The summed E-state index contributed by atoms with van der Waals surface area (Å²) in [5.74, 6) is 0. The Labute approximate surface area is 112 Å². The molecule has 1 aromatic heterocycles. The molecule has 3 aromatic rings. The van der Waals surface area contributed by atoms with E-state index in [4.69, 9.17) is 33.4 Å². The topological polar surface area (TPSA) is 56.2 Å². The molecule has 0 atom stereocenters. The standard InChI is InChI=1S/C13H7Cl2NO2/c14-7-3-1-2-6-11(17)10-9(16)5-4-8(15)13(10)18-12(6)7/h1-5H,16H2. The van der Waals surface area contributed by atoms with Gasteiger partial charge < -0.3 is 10.2 Å². The fourth-order valence-electron chi connectivity index (χ4n) is 1.93. The first-order chi connectivity index (χ1) is 8.59. The summed E-state index contributed by atoms with van der Waals surface area (Å²) in [6.45, 7) is 0. The van der Waals surface area contributed by atoms with Gasteiger partial charge in [0, 0.05) is 5.69 Å². The fraction of sp³-hybridized carbons (Fsp3) is 0. The molecular weight excluding hydrogens is 273 g/mol. The van der Waals surface area contributed by atoms with Crippen molar-refractivity contribution in [2.75, 3.05) is 5.73 Å². The SMILES string of the molecule is Nc1ccc(Cl)c2oc3c(Cl)cccc3c(=O)c12. The molecule has 18 heavy (non-hydrogen) atoms. The summed E-state index contributed by atoms with van der Waals surface area (Å²) in [6, 6.07) is 8.16. The van der Waals surface area contributed by atoms with Crippen LogP contribution >= 0.6 is 23.2 Å². The molecule has 0 saturated heterocycles. The fourth-order valence-corrected chi connectivity index (χ4v) is 2.34. The number of rotatable bonds is 0. The van der Waals surface area contributed by atoms with Crippen LogP contribution in [0.25, 0.3) is 21.9 Å². The summed E-state index contributed by atoms with van der Waals surface area (Å²) in [5.41, 5.74) is 6.50. The number of nitrogens with two attached hydrogens (primary N) is 1. The van der Waals surface area contributed by atoms with Gasteiger partial charge in [-0.1, -0.05) is 29.3 Å². The van der Waals surface area contributed by atoms with Crippen molar-refractivity contribution in [2.24, 2.45) is 0 Å². The van der Waals surface area contributed by atoms with Crippen LogP contribution in [0.4, 0.5) is 5.69 Å². The predicted octanol–water partition coefficient (Wildman–Crippen LogP) is 3.84. The molecule has 0 unspecified atom stereocenters. The lowest BCUT2D eigenvalue weighted by atomic mass is 10.1. The maximum atomic E-state index is 12.4. The molecule has 0 aliphatic rings. The molecule has 0 bridgehead atoms. The average molecular weight is 280 g/mol. The first kappa shape index (κ1) is 11.4. The summed E-state index contributed by atoms with van der Waals surface area (Å²) in [7, 11) is 0. The Morgan fingerprint density at radius 2 is 1.72 bits per heavy atom. The van der Waals surface area contributed by atoms with E-state index in [9.17, 15) is 4.79 Å². The quantitative estimate of drug-likeness (QED) is 0.503. The Bertz CT molecular complexity index is 840. The third-order valence-corrected chi connectivity index (χ3v) is 3.38. The maximum absolute atomic E-state index is 12.4. The Kier molecular flexibility index (Phi) is 2.47. The van der Waals surface area contributed by atoms with Gasteiger partial charge in [0.05, 0.1) is 20.8 Å². The highest BCUT2D eigenvalue weighted by atomic mass is 35.5. The molecule has 0 amide bonds. The van der Waals surface area contributed by atoms with Gasteiger partial charge in [-0.25, -0.2) is 0 Å². The minimum atomic E-state index is -0.228. The molecule has 3 nitrogen and oxygen atoms in total. The van der Waals surface area contributed by atoms with Gasteiger partial charge in [0.2, 0.25) is 5.43 Å². The van der Waals surface area contributed by atoms with Gasteiger partial charge in [0.25, 0.3) is 0 Å². The zero-order valence-electron chi connectivity index (χ0n) is 9.04. The third kappa shape index (κ3) is 1.48. The number of hydrogen-bond acceptors (Lipinski definition) is 3. The van der Waals surface area contributed by atoms with Crippen LogP contribution in [0, 0.1) is 0 Å². The largest absolute Gasteiger partial charge is 0.453 e. The van der Waals surface area contributed by atoms with E-state index in [0.717, 1.165) is 0 Å². The number of nitrogen functional groups attached to an aromatic ring is 1. The van der Waals surface area contributed by atoms with Gasteiger partial charge in [-0.2, -0.15) is 0 Å². The summed E-state index contributed by atoms with van der Waals surface area (Å²) < 4.78 is 5.63. The van der Waals surface area contributed by atoms with E-state index in [-0.39, 0.29) is 16.4 Å². The second kappa shape index (κ2) is 3.90. The van der Waals surface area contributed by atoms with Crippen LogP contribution in [0.5, 0.6) is 0 Å². The van der Waals surface area contributed by atoms with Gasteiger partial charge in [-0.3, -0.25) is 4.79 Å². The van der Waals surface area contributed by atoms with Gasteiger partial charge in [0.1, 0.15) is 0 Å². The van der Waals surface area contributed by atoms with Crippen molar-refractivity contribution in [1.29, 1.82) is 0 Å². The van der Waals surface area contributed by atoms with Crippen molar-refractivity contribution in [2.45, 2.75) is 0 Å². The molecule has 0 saturated carbocycles. The summed E-state index contributed by atoms with van der Waals surface area (Å²) >= 11 is 12.0. The molecule has 5 heteroatoms. The lowest BCUT2D eigenvalue weighted by Crippen LogP contribution is -2.05. The zero-order chi connectivity index (χ0) is 12.9. The number of anilines is 1. The lowest BCUT2D eigenvalue weighted by Gasteiger charge is -2.06. The first-order valence-electron chi connectivity index (χ1n) is 5.18. The predicted molar refractivity (Wildman–Crippen MR) is 74.4 cm³/mol. The highest BCUT2D eigenvalue weighted by molar-refractivity contribution is 6.36. The van der Waals surface area contributed by atoms with Crippen molar-refractivity contribution in [3.8, 4) is 0 Å². The summed E-state index contributed by atoms with van der Waals surface area (Å²) in [5, 5.41) is 1.38. The summed E-state index contributed by atoms with van der Waals surface area (Å²) in [4.78, 5) is 12.4. The molecule has 2 aromatic carbocycles. The number of benzene rings is 2. The second-order valence-corrected chi connectivity index (χ2v) is 4.70. The van der Waals surface area contributed by atoms with Gasteiger partial charge in [-0.15, -0.1) is 0 Å². The Morgan fingerprint density at radius 1 is 1.00 bits per heavy atom. The monoisotopic (exact) mass is 279 g/mol. The number of hydrogen-bond donors (Lipinski definition) is 1. The van der Waals surface area contributed by atoms with E-state index >= 15 is 0 Å². The minimum absolute atomic E-state index is 0.228. The smallest absolute Gasteiger partial charge is 0.202 e. The molecule has 2 N–H and O–H groups in total. The Morgan fingerprint density at radius 3 is 2.50 bits per heavy atom. The van der Waals surface area contributed by atoms with Crippen molar-refractivity contribution in [1.82, 2.24) is 0 Å². The van der Waals surface area contributed by atoms with Crippen LogP contribution < -0.4 is 11.2 Å². The molecular formula is C13H7Cl2NO2. The second-order valence-electron chi connectivity index (χ2n) is 3.89. The third-order valence-electron chi connectivity index (χ3n) is 2.78. The van der Waals surface area contributed by atoms with E-state index in [1.165, 1.54) is 0 Å². The van der Waals surface area contributed by atoms with Crippen LogP contribution in [0.2, 0.25) is 10.0 Å². The maximum Gasteiger partial charge on any atom is 0.202 e. The molecule has 0 spiro atoms. The minimum Gasteiger partial charge on any atom is -0.453 e. The molecule has 0 aliphatic carbocycles. The zero-order valence-corrected chi connectivity index (χ0v) is 10.5. The average Bonchev–Trinajstić information content (AvgIpc) is 2.35. The Hall–Kier alpha value is -1.71. The molecule has 90 valence electrons. The van der Waals surface area contributed by atoms with E-state index in [0.29, 0.717) is 26.7 Å². The number of para-hydroxylation sites is 1. The Balaban J connectivity index is 2.70. The molecule has 3 rings (SSSR count). The first-order valence-corrected chi connectivity index (χ1v) is 5.94. The van der Waals surface area contributed by atoms with Crippen LogP contribution in [-0.2, 0) is 0 Å². The van der Waals surface area contributed by atoms with Crippen molar-refractivity contribution >= 4 is 50.8 Å². The van der Waals surface area contributed by atoms with Crippen LogP contribution in [-0.4, -0.2) is 0 Å². The molecule has 0 radical (unpaired) electrons. The van der Waals surface area contributed by atoms with E-state index in [1.807, 2.05) is 0 Å². The van der Waals surface area contributed by atoms with Crippen molar-refractivity contribution < 1.29 is 4.42 Å². The number of fused-ring (bicyclic) bond motifs is 2. The molecule has 0 fully saturated rings. The van der Waals surface area contributed by atoms with Crippen LogP contribution in [0.1, 0.15) is 0 Å². The van der Waals surface area contributed by atoms with E-state index < -0.39 is 0 Å². The molecule has 0 aliphatic heterocycles. The van der Waals surface area contributed by atoms with Gasteiger partial charge >= 0.3 is 0 Å². The number of halogens is 2. The van der Waals surface area contributed by atoms with Gasteiger partial charge in [-0.05, 0) is 24.3 Å².